The Bertz CT molecular complexity index is 471. The average molecular weight is 352 g/mol. The van der Waals surface area contributed by atoms with Gasteiger partial charge in [0.05, 0.1) is 19.1 Å². The van der Waals surface area contributed by atoms with Gasteiger partial charge in [0.15, 0.2) is 0 Å². The number of amides is 2. The molecule has 3 heterocycles. The Labute approximate surface area is 150 Å². The van der Waals surface area contributed by atoms with Crippen LogP contribution in [0.4, 0.5) is 0 Å². The first kappa shape index (κ1) is 18.6. The number of carbonyl (C=O) groups is 2. The molecule has 142 valence electrons. The second kappa shape index (κ2) is 8.47. The van der Waals surface area contributed by atoms with E-state index < -0.39 is 0 Å². The maximum absolute atomic E-state index is 12.8. The van der Waals surface area contributed by atoms with Gasteiger partial charge in [0.2, 0.25) is 11.8 Å². The van der Waals surface area contributed by atoms with E-state index in [2.05, 4.69) is 4.90 Å². The summed E-state index contributed by atoms with van der Waals surface area (Å²) in [6, 6.07) is 0.195. The molecule has 0 saturated carbocycles. The van der Waals surface area contributed by atoms with Crippen LogP contribution in [0.15, 0.2) is 0 Å². The van der Waals surface area contributed by atoms with Crippen molar-refractivity contribution in [1.82, 2.24) is 14.7 Å². The molecule has 3 aliphatic rings. The van der Waals surface area contributed by atoms with Crippen molar-refractivity contribution >= 4 is 11.8 Å². The number of hydrogen-bond donors (Lipinski definition) is 1. The summed E-state index contributed by atoms with van der Waals surface area (Å²) in [6.45, 7) is 9.17. The maximum Gasteiger partial charge on any atom is 0.227 e. The fourth-order valence-electron chi connectivity index (χ4n) is 4.14. The van der Waals surface area contributed by atoms with Gasteiger partial charge in [-0.15, -0.1) is 0 Å². The van der Waals surface area contributed by atoms with E-state index in [0.29, 0.717) is 18.9 Å². The summed E-state index contributed by atoms with van der Waals surface area (Å²) in [5.41, 5.74) is 5.98. The van der Waals surface area contributed by atoms with Crippen LogP contribution in [0.25, 0.3) is 0 Å². The van der Waals surface area contributed by atoms with Crippen molar-refractivity contribution in [2.75, 3.05) is 59.0 Å². The molecule has 0 aromatic carbocycles. The van der Waals surface area contributed by atoms with E-state index in [1.807, 2.05) is 16.7 Å². The predicted octanol–water partition coefficient (Wildman–Crippen LogP) is -0.247. The first-order valence-corrected chi connectivity index (χ1v) is 9.67. The molecule has 3 fully saturated rings. The molecule has 0 bridgehead atoms. The molecule has 0 aromatic heterocycles. The second-order valence-corrected chi connectivity index (χ2v) is 7.72. The van der Waals surface area contributed by atoms with Crippen LogP contribution in [-0.4, -0.2) is 91.6 Å². The molecule has 2 atom stereocenters. The normalized spacial score (nSPS) is 27.8. The van der Waals surface area contributed by atoms with E-state index in [-0.39, 0.29) is 23.8 Å². The van der Waals surface area contributed by atoms with Gasteiger partial charge in [-0.05, 0) is 25.7 Å². The molecule has 0 aromatic rings. The van der Waals surface area contributed by atoms with Crippen LogP contribution in [0.1, 0.15) is 26.2 Å². The minimum absolute atomic E-state index is 0.122. The number of morpholine rings is 1. The summed E-state index contributed by atoms with van der Waals surface area (Å²) in [5.74, 6) is 0.630. The zero-order valence-electron chi connectivity index (χ0n) is 15.4. The van der Waals surface area contributed by atoms with Crippen LogP contribution in [0, 0.1) is 11.8 Å². The van der Waals surface area contributed by atoms with E-state index in [1.165, 1.54) is 0 Å². The highest BCUT2D eigenvalue weighted by molar-refractivity contribution is 5.89. The van der Waals surface area contributed by atoms with Gasteiger partial charge in [0.25, 0.3) is 0 Å². The van der Waals surface area contributed by atoms with Crippen LogP contribution >= 0.6 is 0 Å². The maximum atomic E-state index is 12.8. The van der Waals surface area contributed by atoms with Gasteiger partial charge in [-0.25, -0.2) is 0 Å². The van der Waals surface area contributed by atoms with Crippen molar-refractivity contribution in [1.29, 1.82) is 0 Å². The van der Waals surface area contributed by atoms with E-state index in [1.54, 1.807) is 0 Å². The molecule has 2 amide bonds. The lowest BCUT2D eigenvalue weighted by molar-refractivity contribution is -0.137. The van der Waals surface area contributed by atoms with Gasteiger partial charge in [0, 0.05) is 58.3 Å². The number of ether oxygens (including phenoxy) is 1. The molecule has 7 heteroatoms. The fourth-order valence-corrected chi connectivity index (χ4v) is 4.14. The minimum Gasteiger partial charge on any atom is -0.379 e. The quantitative estimate of drug-likeness (QED) is 0.738. The molecule has 0 radical (unpaired) electrons. The molecule has 7 nitrogen and oxygen atoms in total. The SMILES string of the molecule is CC(N)C1CCN(C(=O)C2CC(=O)N(CCN3CCOCC3)C2)CC1. The topological polar surface area (TPSA) is 79.1 Å². The molecule has 3 saturated heterocycles. The van der Waals surface area contributed by atoms with Crippen LogP contribution in [0.3, 0.4) is 0 Å². The zero-order valence-corrected chi connectivity index (χ0v) is 15.4. The molecule has 0 spiro atoms. The number of rotatable bonds is 5. The lowest BCUT2D eigenvalue weighted by Crippen LogP contribution is -2.45. The summed E-state index contributed by atoms with van der Waals surface area (Å²) in [6.07, 6.45) is 2.32. The number of nitrogens with zero attached hydrogens (tertiary/aromatic N) is 3. The monoisotopic (exact) mass is 352 g/mol. The van der Waals surface area contributed by atoms with Gasteiger partial charge < -0.3 is 20.3 Å². The highest BCUT2D eigenvalue weighted by Gasteiger charge is 2.37. The summed E-state index contributed by atoms with van der Waals surface area (Å²) < 4.78 is 5.35. The lowest BCUT2D eigenvalue weighted by atomic mass is 9.90. The number of piperidine rings is 1. The first-order valence-electron chi connectivity index (χ1n) is 9.67. The van der Waals surface area contributed by atoms with Crippen LogP contribution < -0.4 is 5.73 Å². The largest absolute Gasteiger partial charge is 0.379 e. The minimum atomic E-state index is -0.163. The Hall–Kier alpha value is -1.18. The highest BCUT2D eigenvalue weighted by Crippen LogP contribution is 2.25. The highest BCUT2D eigenvalue weighted by atomic mass is 16.5. The standard InChI is InChI=1S/C18H32N4O3/c1-14(19)15-2-4-21(5-3-15)18(24)16-12-17(23)22(13-16)7-6-20-8-10-25-11-9-20/h14-16H,2-13,19H2,1H3. The van der Waals surface area contributed by atoms with Gasteiger partial charge in [0.1, 0.15) is 0 Å². The lowest BCUT2D eigenvalue weighted by Gasteiger charge is -2.35. The van der Waals surface area contributed by atoms with E-state index in [9.17, 15) is 9.59 Å². The first-order chi connectivity index (χ1) is 12.0. The Morgan fingerprint density at radius 1 is 1.20 bits per heavy atom. The molecule has 2 N–H and O–H groups in total. The Kier molecular flexibility index (Phi) is 6.30. The van der Waals surface area contributed by atoms with E-state index in [0.717, 1.165) is 65.3 Å². The molecule has 3 aliphatic heterocycles. The molecular formula is C18H32N4O3. The summed E-state index contributed by atoms with van der Waals surface area (Å²) in [4.78, 5) is 31.2. The molecule has 0 aliphatic carbocycles. The molecule has 2 unspecified atom stereocenters. The summed E-state index contributed by atoms with van der Waals surface area (Å²) >= 11 is 0. The predicted molar refractivity (Wildman–Crippen MR) is 94.9 cm³/mol. The average Bonchev–Trinajstić information content (AvgIpc) is 3.01. The van der Waals surface area contributed by atoms with Crippen molar-refractivity contribution in [2.24, 2.45) is 17.6 Å². The third kappa shape index (κ3) is 4.71. The second-order valence-electron chi connectivity index (χ2n) is 7.72. The molecular weight excluding hydrogens is 320 g/mol. The number of carbonyl (C=O) groups excluding carboxylic acids is 2. The van der Waals surface area contributed by atoms with Gasteiger partial charge in [-0.2, -0.15) is 0 Å². The number of likely N-dealkylation sites (tertiary alicyclic amines) is 2. The third-order valence-electron chi connectivity index (χ3n) is 5.95. The van der Waals surface area contributed by atoms with E-state index in [4.69, 9.17) is 10.5 Å². The van der Waals surface area contributed by atoms with Crippen LogP contribution in [-0.2, 0) is 14.3 Å². The van der Waals surface area contributed by atoms with Crippen molar-refractivity contribution in [2.45, 2.75) is 32.2 Å². The van der Waals surface area contributed by atoms with Crippen molar-refractivity contribution < 1.29 is 14.3 Å². The summed E-state index contributed by atoms with van der Waals surface area (Å²) in [5, 5.41) is 0. The molecule has 25 heavy (non-hydrogen) atoms. The van der Waals surface area contributed by atoms with Gasteiger partial charge in [-0.3, -0.25) is 14.5 Å². The molecule has 3 rings (SSSR count). The van der Waals surface area contributed by atoms with Gasteiger partial charge in [-0.1, -0.05) is 0 Å². The fraction of sp³-hybridized carbons (Fsp3) is 0.889. The number of nitrogens with two attached hydrogens (primary N) is 1. The van der Waals surface area contributed by atoms with Crippen molar-refractivity contribution in [3.63, 3.8) is 0 Å². The van der Waals surface area contributed by atoms with Gasteiger partial charge >= 0.3 is 0 Å². The van der Waals surface area contributed by atoms with Crippen molar-refractivity contribution in [3.05, 3.63) is 0 Å². The Balaban J connectivity index is 1.44. The van der Waals surface area contributed by atoms with Crippen LogP contribution in [0.2, 0.25) is 0 Å². The van der Waals surface area contributed by atoms with E-state index >= 15 is 0 Å². The summed E-state index contributed by atoms with van der Waals surface area (Å²) in [7, 11) is 0. The Morgan fingerprint density at radius 2 is 1.88 bits per heavy atom. The zero-order chi connectivity index (χ0) is 17.8. The van der Waals surface area contributed by atoms with Crippen LogP contribution in [0.5, 0.6) is 0 Å². The smallest absolute Gasteiger partial charge is 0.227 e. The van der Waals surface area contributed by atoms with Crippen molar-refractivity contribution in [3.8, 4) is 0 Å². The third-order valence-corrected chi connectivity index (χ3v) is 5.95. The number of hydrogen-bond acceptors (Lipinski definition) is 5. The Morgan fingerprint density at radius 3 is 2.52 bits per heavy atom.